The lowest BCUT2D eigenvalue weighted by Crippen LogP contribution is -2.10. The van der Waals surface area contributed by atoms with E-state index in [4.69, 9.17) is 9.47 Å². The second kappa shape index (κ2) is 18.5. The van der Waals surface area contributed by atoms with Gasteiger partial charge in [-0.3, -0.25) is 4.79 Å². The first-order chi connectivity index (χ1) is 10.8. The smallest absolute Gasteiger partial charge is 0.305 e. The number of carbonyl (C=O) groups excluding carboxylic acids is 1. The van der Waals surface area contributed by atoms with Gasteiger partial charge in [-0.05, 0) is 12.8 Å². The molecule has 0 heterocycles. The summed E-state index contributed by atoms with van der Waals surface area (Å²) in [7, 11) is 0. The molecule has 22 heavy (non-hydrogen) atoms. The van der Waals surface area contributed by atoms with E-state index in [1.807, 2.05) is 0 Å². The van der Waals surface area contributed by atoms with Crippen molar-refractivity contribution in [3.05, 3.63) is 0 Å². The van der Waals surface area contributed by atoms with E-state index in [0.29, 0.717) is 19.6 Å². The summed E-state index contributed by atoms with van der Waals surface area (Å²) in [5.41, 5.74) is 0. The summed E-state index contributed by atoms with van der Waals surface area (Å²) in [6.07, 6.45) is 15.9. The first-order valence-electron chi connectivity index (χ1n) is 9.54. The Morgan fingerprint density at radius 2 is 1.18 bits per heavy atom. The number of hydrogen-bond donors (Lipinski definition) is 0. The monoisotopic (exact) mass is 314 g/mol. The van der Waals surface area contributed by atoms with Crippen LogP contribution in [-0.2, 0) is 14.3 Å². The molecule has 0 N–H and O–H groups in total. The molecule has 0 saturated heterocycles. The molecule has 0 aliphatic heterocycles. The van der Waals surface area contributed by atoms with Gasteiger partial charge in [-0.25, -0.2) is 0 Å². The highest BCUT2D eigenvalue weighted by Gasteiger charge is 2.02. The fraction of sp³-hybridized carbons (Fsp3) is 0.947. The first kappa shape index (κ1) is 21.4. The molecule has 0 aliphatic carbocycles. The summed E-state index contributed by atoms with van der Waals surface area (Å²) in [5, 5.41) is 0. The molecule has 0 aliphatic rings. The average molecular weight is 315 g/mol. The average Bonchev–Trinajstić information content (AvgIpc) is 2.52. The minimum atomic E-state index is -0.0731. The van der Waals surface area contributed by atoms with Gasteiger partial charge in [0, 0.05) is 13.0 Å². The van der Waals surface area contributed by atoms with Crippen molar-refractivity contribution in [2.24, 2.45) is 0 Å². The van der Waals surface area contributed by atoms with Crippen LogP contribution in [0.4, 0.5) is 0 Å². The second-order valence-electron chi connectivity index (χ2n) is 6.12. The Morgan fingerprint density at radius 1 is 0.636 bits per heavy atom. The van der Waals surface area contributed by atoms with Crippen molar-refractivity contribution in [2.45, 2.75) is 97.3 Å². The van der Waals surface area contributed by atoms with Gasteiger partial charge in [-0.2, -0.15) is 0 Å². The van der Waals surface area contributed by atoms with Crippen LogP contribution in [0.3, 0.4) is 0 Å². The third kappa shape index (κ3) is 17.5. The Bertz CT molecular complexity index is 229. The summed E-state index contributed by atoms with van der Waals surface area (Å²) >= 11 is 0. The van der Waals surface area contributed by atoms with E-state index in [1.165, 1.54) is 57.8 Å². The Kier molecular flexibility index (Phi) is 18.0. The van der Waals surface area contributed by atoms with Gasteiger partial charge in [0.05, 0.1) is 6.61 Å². The van der Waals surface area contributed by atoms with Crippen LogP contribution >= 0.6 is 0 Å². The highest BCUT2D eigenvalue weighted by atomic mass is 16.6. The summed E-state index contributed by atoms with van der Waals surface area (Å²) in [4.78, 5) is 11.5. The van der Waals surface area contributed by atoms with Gasteiger partial charge < -0.3 is 9.47 Å². The SMILES string of the molecule is CCCCCCCCCCCCCC(=O)OCCOCCC. The van der Waals surface area contributed by atoms with Crippen LogP contribution in [0, 0.1) is 0 Å². The van der Waals surface area contributed by atoms with E-state index in [0.717, 1.165) is 25.9 Å². The lowest BCUT2D eigenvalue weighted by molar-refractivity contribution is -0.145. The summed E-state index contributed by atoms with van der Waals surface area (Å²) in [5.74, 6) is -0.0731. The van der Waals surface area contributed by atoms with Crippen LogP contribution in [0.2, 0.25) is 0 Å². The van der Waals surface area contributed by atoms with Crippen LogP contribution in [0.25, 0.3) is 0 Å². The standard InChI is InChI=1S/C19H38O3/c1-3-5-6-7-8-9-10-11-12-13-14-15-19(20)22-18-17-21-16-4-2/h3-18H2,1-2H3. The van der Waals surface area contributed by atoms with E-state index < -0.39 is 0 Å². The van der Waals surface area contributed by atoms with Crippen LogP contribution in [0.5, 0.6) is 0 Å². The maximum atomic E-state index is 11.5. The molecule has 3 nitrogen and oxygen atoms in total. The number of esters is 1. The van der Waals surface area contributed by atoms with Gasteiger partial charge in [0.1, 0.15) is 6.61 Å². The molecular weight excluding hydrogens is 276 g/mol. The van der Waals surface area contributed by atoms with Crippen LogP contribution < -0.4 is 0 Å². The van der Waals surface area contributed by atoms with Crippen LogP contribution in [0.15, 0.2) is 0 Å². The molecule has 0 fully saturated rings. The zero-order chi connectivity index (χ0) is 16.3. The highest BCUT2D eigenvalue weighted by Crippen LogP contribution is 2.12. The maximum absolute atomic E-state index is 11.5. The molecule has 0 bridgehead atoms. The summed E-state index contributed by atoms with van der Waals surface area (Å²) in [6.45, 7) is 6.00. The normalized spacial score (nSPS) is 10.8. The molecule has 0 aromatic heterocycles. The Morgan fingerprint density at radius 3 is 1.73 bits per heavy atom. The lowest BCUT2D eigenvalue weighted by atomic mass is 10.1. The molecule has 0 unspecified atom stereocenters. The molecule has 0 amide bonds. The largest absolute Gasteiger partial charge is 0.463 e. The highest BCUT2D eigenvalue weighted by molar-refractivity contribution is 5.69. The Labute approximate surface area is 138 Å². The van der Waals surface area contributed by atoms with Gasteiger partial charge in [0.25, 0.3) is 0 Å². The number of carbonyl (C=O) groups is 1. The van der Waals surface area contributed by atoms with Crippen molar-refractivity contribution in [2.75, 3.05) is 19.8 Å². The third-order valence-electron chi connectivity index (χ3n) is 3.82. The van der Waals surface area contributed by atoms with Crippen molar-refractivity contribution in [3.8, 4) is 0 Å². The summed E-state index contributed by atoms with van der Waals surface area (Å²) in [6, 6.07) is 0. The maximum Gasteiger partial charge on any atom is 0.305 e. The molecule has 3 heteroatoms. The fourth-order valence-electron chi connectivity index (χ4n) is 2.47. The van der Waals surface area contributed by atoms with E-state index in [2.05, 4.69) is 13.8 Å². The topological polar surface area (TPSA) is 35.5 Å². The van der Waals surface area contributed by atoms with Crippen molar-refractivity contribution >= 4 is 5.97 Å². The Balaban J connectivity index is 3.10. The molecular formula is C19H38O3. The van der Waals surface area contributed by atoms with Crippen molar-refractivity contribution in [1.29, 1.82) is 0 Å². The predicted molar refractivity (Wildman–Crippen MR) is 93.1 cm³/mol. The summed E-state index contributed by atoms with van der Waals surface area (Å²) < 4.78 is 10.4. The van der Waals surface area contributed by atoms with Crippen LogP contribution in [-0.4, -0.2) is 25.8 Å². The van der Waals surface area contributed by atoms with Gasteiger partial charge in [0.2, 0.25) is 0 Å². The molecule has 0 rings (SSSR count). The Hall–Kier alpha value is -0.570. The number of hydrogen-bond acceptors (Lipinski definition) is 3. The lowest BCUT2D eigenvalue weighted by Gasteiger charge is -2.05. The van der Waals surface area contributed by atoms with Crippen molar-refractivity contribution < 1.29 is 14.3 Å². The molecule has 0 aromatic rings. The third-order valence-corrected chi connectivity index (χ3v) is 3.82. The predicted octanol–water partition coefficient (Wildman–Crippen LogP) is 5.66. The minimum absolute atomic E-state index is 0.0731. The van der Waals surface area contributed by atoms with Crippen LogP contribution in [0.1, 0.15) is 97.3 Å². The van der Waals surface area contributed by atoms with Gasteiger partial charge in [-0.15, -0.1) is 0 Å². The first-order valence-corrected chi connectivity index (χ1v) is 9.54. The van der Waals surface area contributed by atoms with Gasteiger partial charge >= 0.3 is 5.97 Å². The second-order valence-corrected chi connectivity index (χ2v) is 6.12. The quantitative estimate of drug-likeness (QED) is 0.257. The number of unbranched alkanes of at least 4 members (excludes halogenated alkanes) is 10. The molecule has 0 aromatic carbocycles. The molecule has 0 saturated carbocycles. The van der Waals surface area contributed by atoms with E-state index in [9.17, 15) is 4.79 Å². The number of rotatable bonds is 17. The minimum Gasteiger partial charge on any atom is -0.463 e. The zero-order valence-corrected chi connectivity index (χ0v) is 15.0. The van der Waals surface area contributed by atoms with Gasteiger partial charge in [-0.1, -0.05) is 78.1 Å². The zero-order valence-electron chi connectivity index (χ0n) is 15.0. The molecule has 0 radical (unpaired) electrons. The van der Waals surface area contributed by atoms with Crippen molar-refractivity contribution in [1.82, 2.24) is 0 Å². The van der Waals surface area contributed by atoms with Crippen molar-refractivity contribution in [3.63, 3.8) is 0 Å². The fourth-order valence-corrected chi connectivity index (χ4v) is 2.47. The molecule has 0 spiro atoms. The van der Waals surface area contributed by atoms with E-state index in [-0.39, 0.29) is 5.97 Å². The molecule has 132 valence electrons. The molecule has 0 atom stereocenters. The van der Waals surface area contributed by atoms with Gasteiger partial charge in [0.15, 0.2) is 0 Å². The number of ether oxygens (including phenoxy) is 2. The van der Waals surface area contributed by atoms with E-state index >= 15 is 0 Å². The van der Waals surface area contributed by atoms with E-state index in [1.54, 1.807) is 0 Å².